The van der Waals surface area contributed by atoms with Crippen LogP contribution in [0.2, 0.25) is 0 Å². The van der Waals surface area contributed by atoms with Crippen LogP contribution < -0.4 is 10.6 Å². The summed E-state index contributed by atoms with van der Waals surface area (Å²) in [6, 6.07) is 11.7. The molecule has 5 heteroatoms. The number of pyridine rings is 2. The number of nitrogens with zero attached hydrogens (tertiary/aromatic N) is 2. The predicted molar refractivity (Wildman–Crippen MR) is 106 cm³/mol. The van der Waals surface area contributed by atoms with Crippen molar-refractivity contribution >= 4 is 11.7 Å². The van der Waals surface area contributed by atoms with E-state index in [1.807, 2.05) is 57.3 Å². The molecule has 1 unspecified atom stereocenters. The van der Waals surface area contributed by atoms with Gasteiger partial charge in [0, 0.05) is 35.8 Å². The van der Waals surface area contributed by atoms with Crippen molar-refractivity contribution in [2.75, 3.05) is 5.32 Å². The van der Waals surface area contributed by atoms with Crippen molar-refractivity contribution in [2.45, 2.75) is 59.5 Å². The molecule has 0 aliphatic rings. The van der Waals surface area contributed by atoms with Gasteiger partial charge in [-0.25, -0.2) is 4.98 Å². The zero-order valence-electron chi connectivity index (χ0n) is 16.5. The van der Waals surface area contributed by atoms with Gasteiger partial charge in [0.2, 0.25) is 5.91 Å². The lowest BCUT2D eigenvalue weighted by Gasteiger charge is -2.29. The van der Waals surface area contributed by atoms with Gasteiger partial charge in [-0.3, -0.25) is 9.78 Å². The quantitative estimate of drug-likeness (QED) is 0.790. The van der Waals surface area contributed by atoms with Crippen LogP contribution in [0.25, 0.3) is 0 Å². The number of hydrogen-bond donors (Lipinski definition) is 2. The van der Waals surface area contributed by atoms with Crippen LogP contribution in [0.3, 0.4) is 0 Å². The number of carbonyl (C=O) groups excluding carboxylic acids is 1. The van der Waals surface area contributed by atoms with Crippen molar-refractivity contribution in [2.24, 2.45) is 5.41 Å². The summed E-state index contributed by atoms with van der Waals surface area (Å²) in [6.45, 7) is 10.7. The molecule has 2 aromatic rings. The minimum absolute atomic E-state index is 0.0383. The lowest BCUT2D eigenvalue weighted by molar-refractivity contribution is -0.123. The first-order chi connectivity index (χ1) is 12.2. The third-order valence-electron chi connectivity index (χ3n) is 4.50. The van der Waals surface area contributed by atoms with Crippen LogP contribution in [0.1, 0.15) is 52.4 Å². The highest BCUT2D eigenvalue weighted by Gasteiger charge is 2.23. The summed E-state index contributed by atoms with van der Waals surface area (Å²) < 4.78 is 0. The highest BCUT2D eigenvalue weighted by atomic mass is 16.2. The monoisotopic (exact) mass is 354 g/mol. The Balaban J connectivity index is 2.01. The SMILES string of the molecule is CCC(C)(Cc1ccccn1)NCc1cccc(NC(=O)C(C)(C)C)n1. The number of hydrogen-bond acceptors (Lipinski definition) is 4. The summed E-state index contributed by atoms with van der Waals surface area (Å²) in [6.07, 6.45) is 3.66. The molecule has 26 heavy (non-hydrogen) atoms. The summed E-state index contributed by atoms with van der Waals surface area (Å²) >= 11 is 0. The Labute approximate surface area is 156 Å². The molecule has 0 spiro atoms. The standard InChI is InChI=1S/C21H30N4O/c1-6-21(5,14-16-10-7-8-13-22-16)23-15-17-11-9-12-18(24-17)25-19(26)20(2,3)4/h7-13,23H,6,14-15H2,1-5H3,(H,24,25,26). The van der Waals surface area contributed by atoms with Crippen molar-refractivity contribution in [3.63, 3.8) is 0 Å². The molecule has 0 fully saturated rings. The maximum Gasteiger partial charge on any atom is 0.230 e. The first-order valence-corrected chi connectivity index (χ1v) is 9.14. The van der Waals surface area contributed by atoms with Crippen LogP contribution in [0.15, 0.2) is 42.6 Å². The smallest absolute Gasteiger partial charge is 0.230 e. The average molecular weight is 354 g/mol. The first kappa shape index (κ1) is 20.0. The lowest BCUT2D eigenvalue weighted by Crippen LogP contribution is -2.43. The molecule has 0 aliphatic carbocycles. The lowest BCUT2D eigenvalue weighted by atomic mass is 9.92. The van der Waals surface area contributed by atoms with Gasteiger partial charge in [0.15, 0.2) is 0 Å². The van der Waals surface area contributed by atoms with Gasteiger partial charge in [-0.1, -0.05) is 39.8 Å². The van der Waals surface area contributed by atoms with Gasteiger partial charge in [0.25, 0.3) is 0 Å². The molecule has 0 saturated heterocycles. The molecular formula is C21H30N4O. The van der Waals surface area contributed by atoms with E-state index in [2.05, 4.69) is 40.5 Å². The molecule has 2 rings (SSSR count). The Hall–Kier alpha value is -2.27. The molecule has 2 aromatic heterocycles. The van der Waals surface area contributed by atoms with E-state index < -0.39 is 5.41 Å². The van der Waals surface area contributed by atoms with Crippen LogP contribution in [0, 0.1) is 5.41 Å². The second kappa shape index (κ2) is 8.41. The van der Waals surface area contributed by atoms with Gasteiger partial charge >= 0.3 is 0 Å². The van der Waals surface area contributed by atoms with Gasteiger partial charge in [0.1, 0.15) is 5.82 Å². The van der Waals surface area contributed by atoms with Crippen LogP contribution in [0.4, 0.5) is 5.82 Å². The highest BCUT2D eigenvalue weighted by molar-refractivity contribution is 5.93. The fraction of sp³-hybridized carbons (Fsp3) is 0.476. The minimum atomic E-state index is -0.445. The summed E-state index contributed by atoms with van der Waals surface area (Å²) in [4.78, 5) is 21.1. The molecule has 2 N–H and O–H groups in total. The van der Waals surface area contributed by atoms with Gasteiger partial charge in [-0.05, 0) is 37.6 Å². The number of amides is 1. The van der Waals surface area contributed by atoms with Gasteiger partial charge in [-0.15, -0.1) is 0 Å². The van der Waals surface area contributed by atoms with Crippen molar-refractivity contribution in [1.29, 1.82) is 0 Å². The second-order valence-corrected chi connectivity index (χ2v) is 7.98. The summed E-state index contributed by atoms with van der Waals surface area (Å²) in [5.74, 6) is 0.552. The number of rotatable bonds is 7. The molecule has 1 amide bonds. The van der Waals surface area contributed by atoms with Gasteiger partial charge < -0.3 is 10.6 Å². The largest absolute Gasteiger partial charge is 0.310 e. The molecular weight excluding hydrogens is 324 g/mol. The van der Waals surface area contributed by atoms with Gasteiger partial charge in [0.05, 0.1) is 5.69 Å². The number of carbonyl (C=O) groups is 1. The van der Waals surface area contributed by atoms with E-state index in [0.29, 0.717) is 12.4 Å². The highest BCUT2D eigenvalue weighted by Crippen LogP contribution is 2.18. The van der Waals surface area contributed by atoms with E-state index in [1.165, 1.54) is 0 Å². The van der Waals surface area contributed by atoms with E-state index in [-0.39, 0.29) is 11.4 Å². The molecule has 2 heterocycles. The van der Waals surface area contributed by atoms with Crippen LogP contribution >= 0.6 is 0 Å². The first-order valence-electron chi connectivity index (χ1n) is 9.14. The Morgan fingerprint density at radius 2 is 1.77 bits per heavy atom. The Bertz CT molecular complexity index is 724. The van der Waals surface area contributed by atoms with Crippen LogP contribution in [-0.2, 0) is 17.8 Å². The zero-order chi connectivity index (χ0) is 19.2. The number of aromatic nitrogens is 2. The second-order valence-electron chi connectivity index (χ2n) is 7.98. The molecule has 0 radical (unpaired) electrons. The Morgan fingerprint density at radius 3 is 2.38 bits per heavy atom. The van der Waals surface area contributed by atoms with E-state index in [9.17, 15) is 4.79 Å². The summed E-state index contributed by atoms with van der Waals surface area (Å²) in [7, 11) is 0. The van der Waals surface area contributed by atoms with Crippen molar-refractivity contribution in [3.05, 3.63) is 54.0 Å². The molecule has 5 nitrogen and oxygen atoms in total. The third-order valence-corrected chi connectivity index (χ3v) is 4.50. The van der Waals surface area contributed by atoms with E-state index in [1.54, 1.807) is 0 Å². The number of anilines is 1. The third kappa shape index (κ3) is 5.92. The van der Waals surface area contributed by atoms with Crippen LogP contribution in [0.5, 0.6) is 0 Å². The molecule has 0 bridgehead atoms. The molecule has 0 saturated carbocycles. The molecule has 140 valence electrons. The van der Waals surface area contributed by atoms with Gasteiger partial charge in [-0.2, -0.15) is 0 Å². The maximum absolute atomic E-state index is 12.1. The van der Waals surface area contributed by atoms with Crippen molar-refractivity contribution in [1.82, 2.24) is 15.3 Å². The number of nitrogens with one attached hydrogen (secondary N) is 2. The Kier molecular flexibility index (Phi) is 6.48. The zero-order valence-corrected chi connectivity index (χ0v) is 16.5. The molecule has 0 aliphatic heterocycles. The van der Waals surface area contributed by atoms with E-state index in [0.717, 1.165) is 24.2 Å². The normalized spacial score (nSPS) is 13.9. The van der Waals surface area contributed by atoms with Crippen molar-refractivity contribution < 1.29 is 4.79 Å². The van der Waals surface area contributed by atoms with Crippen LogP contribution in [-0.4, -0.2) is 21.4 Å². The fourth-order valence-electron chi connectivity index (χ4n) is 2.47. The molecule has 1 atom stereocenters. The van der Waals surface area contributed by atoms with Crippen molar-refractivity contribution in [3.8, 4) is 0 Å². The topological polar surface area (TPSA) is 66.9 Å². The maximum atomic E-state index is 12.1. The van der Waals surface area contributed by atoms with E-state index in [4.69, 9.17) is 0 Å². The fourth-order valence-corrected chi connectivity index (χ4v) is 2.47. The minimum Gasteiger partial charge on any atom is -0.310 e. The summed E-state index contributed by atoms with van der Waals surface area (Å²) in [5, 5.41) is 6.49. The summed E-state index contributed by atoms with van der Waals surface area (Å²) in [5.41, 5.74) is 1.46. The average Bonchev–Trinajstić information content (AvgIpc) is 2.60. The predicted octanol–water partition coefficient (Wildman–Crippen LogP) is 3.96. The van der Waals surface area contributed by atoms with E-state index >= 15 is 0 Å². The Morgan fingerprint density at radius 1 is 1.04 bits per heavy atom. The molecule has 0 aromatic carbocycles.